The first-order chi connectivity index (χ1) is 13.3. The summed E-state index contributed by atoms with van der Waals surface area (Å²) in [5, 5.41) is 17.2. The fraction of sp³-hybridized carbons (Fsp3) is 0.476. The van der Waals surface area contributed by atoms with Gasteiger partial charge in [-0.25, -0.2) is 4.99 Å². The van der Waals surface area contributed by atoms with E-state index in [0.29, 0.717) is 36.3 Å². The molecule has 0 bridgehead atoms. The van der Waals surface area contributed by atoms with Crippen molar-refractivity contribution in [2.24, 2.45) is 4.99 Å². The van der Waals surface area contributed by atoms with E-state index in [-0.39, 0.29) is 30.5 Å². The number of furan rings is 1. The maximum atomic E-state index is 12.3. The quantitative estimate of drug-likeness (QED) is 0.262. The van der Waals surface area contributed by atoms with Crippen molar-refractivity contribution < 1.29 is 13.7 Å². The van der Waals surface area contributed by atoms with Crippen LogP contribution in [-0.2, 0) is 22.2 Å². The smallest absolute Gasteiger partial charge is 0.191 e. The van der Waals surface area contributed by atoms with Crippen LogP contribution in [0.15, 0.2) is 45.8 Å². The normalized spacial score (nSPS) is 14.6. The number of nitrogens with zero attached hydrogens (tertiary/aromatic N) is 1. The Kier molecular flexibility index (Phi) is 10.9. The highest BCUT2D eigenvalue weighted by Gasteiger charge is 2.27. The second-order valence-electron chi connectivity index (χ2n) is 7.00. The van der Waals surface area contributed by atoms with E-state index in [9.17, 15) is 9.32 Å². The lowest BCUT2D eigenvalue weighted by atomic mass is 9.96. The van der Waals surface area contributed by atoms with Crippen LogP contribution in [0.25, 0.3) is 0 Å². The number of nitrogens with one attached hydrogen (secondary N) is 2. The summed E-state index contributed by atoms with van der Waals surface area (Å²) >= 11 is 0. The van der Waals surface area contributed by atoms with Crippen LogP contribution < -0.4 is 10.6 Å². The van der Waals surface area contributed by atoms with Crippen LogP contribution >= 0.6 is 24.0 Å². The van der Waals surface area contributed by atoms with Gasteiger partial charge >= 0.3 is 0 Å². The average Bonchev–Trinajstić information content (AvgIpc) is 3.00. The molecule has 29 heavy (non-hydrogen) atoms. The van der Waals surface area contributed by atoms with Gasteiger partial charge in [-0.3, -0.25) is 4.21 Å². The van der Waals surface area contributed by atoms with E-state index in [4.69, 9.17) is 4.42 Å². The van der Waals surface area contributed by atoms with E-state index in [1.807, 2.05) is 57.2 Å². The number of aliphatic hydroxyl groups is 1. The van der Waals surface area contributed by atoms with Crippen molar-refractivity contribution in [2.75, 3.05) is 25.4 Å². The Morgan fingerprint density at radius 3 is 2.52 bits per heavy atom. The topological polar surface area (TPSA) is 86.9 Å². The van der Waals surface area contributed by atoms with Gasteiger partial charge in [0.05, 0.1) is 6.54 Å². The van der Waals surface area contributed by atoms with Gasteiger partial charge < -0.3 is 20.2 Å². The van der Waals surface area contributed by atoms with Crippen LogP contribution in [0.1, 0.15) is 36.5 Å². The Balaban J connectivity index is 0.00000420. The highest BCUT2D eigenvalue weighted by atomic mass is 127. The molecule has 0 aliphatic rings. The number of aryl methyl sites for hydroxylation is 2. The monoisotopic (exact) mass is 533 g/mol. The number of rotatable bonds is 9. The number of benzene rings is 1. The molecule has 2 aromatic rings. The van der Waals surface area contributed by atoms with Crippen LogP contribution in [0.2, 0.25) is 0 Å². The molecule has 1 heterocycles. The molecule has 0 saturated carbocycles. The molecule has 0 fully saturated rings. The standard InChI is InChI=1S/C21H31N3O3S.HI/c1-5-22-20(23-11-12-28(26)14-18-9-7-6-8-10-18)24-15-21(4,25)19-13-16(2)27-17(19)3;/h6-10,13,25H,5,11-12,14-15H2,1-4H3,(H2,22,23,24);1H. The Morgan fingerprint density at radius 1 is 1.24 bits per heavy atom. The van der Waals surface area contributed by atoms with Gasteiger partial charge in [0.2, 0.25) is 0 Å². The van der Waals surface area contributed by atoms with E-state index < -0.39 is 16.4 Å². The molecule has 0 saturated heterocycles. The van der Waals surface area contributed by atoms with Crippen LogP contribution in [-0.4, -0.2) is 40.7 Å². The van der Waals surface area contributed by atoms with E-state index in [1.54, 1.807) is 6.92 Å². The predicted octanol–water partition coefficient (Wildman–Crippen LogP) is 3.23. The molecular weight excluding hydrogens is 501 g/mol. The van der Waals surface area contributed by atoms with Crippen molar-refractivity contribution >= 4 is 40.7 Å². The summed E-state index contributed by atoms with van der Waals surface area (Å²) in [6.07, 6.45) is 0. The minimum atomic E-state index is -1.12. The zero-order valence-electron chi connectivity index (χ0n) is 17.5. The van der Waals surface area contributed by atoms with Crippen LogP contribution in [0, 0.1) is 13.8 Å². The fourth-order valence-electron chi connectivity index (χ4n) is 2.94. The van der Waals surface area contributed by atoms with Crippen LogP contribution in [0.3, 0.4) is 0 Å². The molecule has 0 radical (unpaired) electrons. The molecule has 0 spiro atoms. The average molecular weight is 533 g/mol. The second-order valence-corrected chi connectivity index (χ2v) is 8.57. The van der Waals surface area contributed by atoms with Gasteiger partial charge in [-0.05, 0) is 39.3 Å². The van der Waals surface area contributed by atoms with Gasteiger partial charge in [0.25, 0.3) is 0 Å². The molecular formula is C21H32IN3O3S. The third-order valence-electron chi connectivity index (χ3n) is 4.30. The van der Waals surface area contributed by atoms with Crippen molar-refractivity contribution in [1.82, 2.24) is 10.6 Å². The van der Waals surface area contributed by atoms with Crippen molar-refractivity contribution in [2.45, 2.75) is 39.0 Å². The third-order valence-corrected chi connectivity index (χ3v) is 5.62. The van der Waals surface area contributed by atoms with E-state index >= 15 is 0 Å². The molecule has 2 atom stereocenters. The summed E-state index contributed by atoms with van der Waals surface area (Å²) in [4.78, 5) is 4.50. The Hall–Kier alpha value is -1.39. The lowest BCUT2D eigenvalue weighted by Gasteiger charge is -2.21. The Bertz CT molecular complexity index is 807. The van der Waals surface area contributed by atoms with Crippen molar-refractivity contribution in [3.05, 3.63) is 59.0 Å². The summed E-state index contributed by atoms with van der Waals surface area (Å²) < 4.78 is 17.8. The van der Waals surface area contributed by atoms with E-state index in [2.05, 4.69) is 15.6 Å². The predicted molar refractivity (Wildman–Crippen MR) is 130 cm³/mol. The number of hydrogen-bond acceptors (Lipinski definition) is 4. The molecule has 2 unspecified atom stereocenters. The summed E-state index contributed by atoms with van der Waals surface area (Å²) in [5.74, 6) is 3.13. The first kappa shape index (κ1) is 25.6. The lowest BCUT2D eigenvalue weighted by Crippen LogP contribution is -2.40. The molecule has 8 heteroatoms. The van der Waals surface area contributed by atoms with Gasteiger partial charge in [-0.1, -0.05) is 30.3 Å². The Morgan fingerprint density at radius 2 is 1.93 bits per heavy atom. The minimum Gasteiger partial charge on any atom is -0.466 e. The van der Waals surface area contributed by atoms with Gasteiger partial charge in [0.15, 0.2) is 5.96 Å². The number of guanidine groups is 1. The second kappa shape index (κ2) is 12.3. The van der Waals surface area contributed by atoms with E-state index in [1.165, 1.54) is 0 Å². The van der Waals surface area contributed by atoms with Crippen molar-refractivity contribution in [1.29, 1.82) is 0 Å². The molecule has 6 nitrogen and oxygen atoms in total. The van der Waals surface area contributed by atoms with Gasteiger partial charge in [-0.15, -0.1) is 24.0 Å². The molecule has 2 rings (SSSR count). The highest BCUT2D eigenvalue weighted by Crippen LogP contribution is 2.27. The molecule has 1 aromatic carbocycles. The molecule has 162 valence electrons. The zero-order chi connectivity index (χ0) is 20.6. The number of halogens is 1. The first-order valence-corrected chi connectivity index (χ1v) is 11.0. The highest BCUT2D eigenvalue weighted by molar-refractivity contribution is 14.0. The zero-order valence-corrected chi connectivity index (χ0v) is 20.7. The van der Waals surface area contributed by atoms with Gasteiger partial charge in [0.1, 0.15) is 17.1 Å². The third kappa shape index (κ3) is 8.47. The maximum Gasteiger partial charge on any atom is 0.191 e. The number of hydrogen-bond donors (Lipinski definition) is 3. The van der Waals surface area contributed by atoms with Crippen LogP contribution in [0.5, 0.6) is 0 Å². The van der Waals surface area contributed by atoms with E-state index in [0.717, 1.165) is 16.9 Å². The van der Waals surface area contributed by atoms with Crippen LogP contribution in [0.4, 0.5) is 0 Å². The molecule has 0 aliphatic carbocycles. The van der Waals surface area contributed by atoms with Gasteiger partial charge in [-0.2, -0.15) is 0 Å². The molecule has 1 aromatic heterocycles. The first-order valence-electron chi connectivity index (χ1n) is 9.53. The molecule has 3 N–H and O–H groups in total. The lowest BCUT2D eigenvalue weighted by molar-refractivity contribution is 0.0657. The largest absolute Gasteiger partial charge is 0.466 e. The summed E-state index contributed by atoms with van der Waals surface area (Å²) in [5.41, 5.74) is 0.692. The van der Waals surface area contributed by atoms with Gasteiger partial charge in [0, 0.05) is 41.0 Å². The summed E-state index contributed by atoms with van der Waals surface area (Å²) in [6.45, 7) is 8.83. The molecule has 0 amide bonds. The number of aliphatic imine (C=N–C) groups is 1. The van der Waals surface area contributed by atoms with Crippen molar-refractivity contribution in [3.8, 4) is 0 Å². The summed E-state index contributed by atoms with van der Waals surface area (Å²) in [7, 11) is -0.949. The minimum absolute atomic E-state index is 0. The summed E-state index contributed by atoms with van der Waals surface area (Å²) in [6, 6.07) is 11.7. The van der Waals surface area contributed by atoms with Crippen molar-refractivity contribution in [3.63, 3.8) is 0 Å². The molecule has 0 aliphatic heterocycles. The maximum absolute atomic E-state index is 12.3. The fourth-order valence-corrected chi connectivity index (χ4v) is 3.98. The SMILES string of the molecule is CCNC(=NCC(C)(O)c1cc(C)oc1C)NCCS(=O)Cc1ccccc1.I. The Labute approximate surface area is 193 Å².